The van der Waals surface area contributed by atoms with Crippen LogP contribution in [0.3, 0.4) is 0 Å². The van der Waals surface area contributed by atoms with Crippen LogP contribution >= 0.6 is 23.8 Å². The molecule has 2 rings (SSSR count). The Bertz CT molecular complexity index is 545. The van der Waals surface area contributed by atoms with Crippen LogP contribution in [0.5, 0.6) is 11.5 Å². The number of halogens is 1. The molecular formula is C12H9ClN2OS. The molecule has 86 valence electrons. The Kier molecular flexibility index (Phi) is 3.56. The summed E-state index contributed by atoms with van der Waals surface area (Å²) in [7, 11) is 0. The molecule has 5 heteroatoms. The second-order valence-corrected chi connectivity index (χ2v) is 4.14. The molecule has 17 heavy (non-hydrogen) atoms. The van der Waals surface area contributed by atoms with Crippen molar-refractivity contribution in [3.05, 3.63) is 53.3 Å². The number of hydrogen-bond donors (Lipinski definition) is 1. The molecule has 0 aliphatic carbocycles. The lowest BCUT2D eigenvalue weighted by atomic mass is 10.2. The summed E-state index contributed by atoms with van der Waals surface area (Å²) in [5, 5.41) is 0.471. The third kappa shape index (κ3) is 2.93. The fourth-order valence-electron chi connectivity index (χ4n) is 1.30. The number of benzene rings is 1. The van der Waals surface area contributed by atoms with Gasteiger partial charge in [-0.15, -0.1) is 0 Å². The Balaban J connectivity index is 2.24. The van der Waals surface area contributed by atoms with E-state index in [0.717, 1.165) is 0 Å². The Morgan fingerprint density at radius 2 is 2.12 bits per heavy atom. The smallest absolute Gasteiger partial charge is 0.145 e. The van der Waals surface area contributed by atoms with Gasteiger partial charge in [-0.05, 0) is 24.3 Å². The van der Waals surface area contributed by atoms with Crippen LogP contribution in [-0.4, -0.2) is 9.97 Å². The van der Waals surface area contributed by atoms with Crippen LogP contribution in [0.4, 0.5) is 0 Å². The summed E-state index contributed by atoms with van der Waals surface area (Å²) in [6.07, 6.45) is 3.30. The Hall–Kier alpha value is -1.65. The third-order valence-corrected chi connectivity index (χ3v) is 2.61. The quantitative estimate of drug-likeness (QED) is 0.865. The summed E-state index contributed by atoms with van der Waals surface area (Å²) in [5.74, 6) is 1.26. The van der Waals surface area contributed by atoms with E-state index in [-0.39, 0.29) is 4.99 Å². The summed E-state index contributed by atoms with van der Waals surface area (Å²) < 4.78 is 5.56. The lowest BCUT2D eigenvalue weighted by Gasteiger charge is -2.07. The molecule has 0 spiro atoms. The van der Waals surface area contributed by atoms with Gasteiger partial charge in [-0.25, -0.2) is 0 Å². The standard InChI is InChI=1S/C12H9ClN2OS/c13-11-6-8(3-4-10(11)12(14)17)16-9-2-1-5-15-7-9/h1-7H,(H2,14,17). The first kappa shape index (κ1) is 11.8. The summed E-state index contributed by atoms with van der Waals surface area (Å²) in [4.78, 5) is 4.22. The molecule has 0 saturated heterocycles. The third-order valence-electron chi connectivity index (χ3n) is 2.08. The van der Waals surface area contributed by atoms with Crippen LogP contribution in [0, 0.1) is 0 Å². The zero-order chi connectivity index (χ0) is 12.3. The molecule has 0 aliphatic rings. The highest BCUT2D eigenvalue weighted by Crippen LogP contribution is 2.26. The fraction of sp³-hybridized carbons (Fsp3) is 0. The van der Waals surface area contributed by atoms with Crippen molar-refractivity contribution in [1.82, 2.24) is 4.98 Å². The molecule has 0 fully saturated rings. The number of thiocarbonyl (C=S) groups is 1. The van der Waals surface area contributed by atoms with E-state index in [1.165, 1.54) is 0 Å². The van der Waals surface area contributed by atoms with Crippen LogP contribution < -0.4 is 10.5 Å². The van der Waals surface area contributed by atoms with Crippen molar-refractivity contribution in [2.45, 2.75) is 0 Å². The Morgan fingerprint density at radius 3 is 2.71 bits per heavy atom. The maximum atomic E-state index is 6.03. The highest BCUT2D eigenvalue weighted by atomic mass is 35.5. The summed E-state index contributed by atoms with van der Waals surface area (Å²) in [6.45, 7) is 0. The van der Waals surface area contributed by atoms with Gasteiger partial charge < -0.3 is 10.5 Å². The molecule has 2 aromatic rings. The average Bonchev–Trinajstić information content (AvgIpc) is 2.30. The molecule has 2 N–H and O–H groups in total. The lowest BCUT2D eigenvalue weighted by Crippen LogP contribution is -2.09. The van der Waals surface area contributed by atoms with E-state index in [1.54, 1.807) is 36.7 Å². The van der Waals surface area contributed by atoms with Gasteiger partial charge in [0.1, 0.15) is 16.5 Å². The minimum absolute atomic E-state index is 0.267. The molecule has 0 radical (unpaired) electrons. The maximum Gasteiger partial charge on any atom is 0.145 e. The minimum atomic E-state index is 0.267. The van der Waals surface area contributed by atoms with Gasteiger partial charge >= 0.3 is 0 Å². The molecule has 1 aromatic heterocycles. The largest absolute Gasteiger partial charge is 0.456 e. The summed E-state index contributed by atoms with van der Waals surface area (Å²) in [6, 6.07) is 8.76. The molecule has 0 atom stereocenters. The highest BCUT2D eigenvalue weighted by Gasteiger charge is 2.05. The van der Waals surface area contributed by atoms with Crippen LogP contribution in [0.1, 0.15) is 5.56 Å². The zero-order valence-corrected chi connectivity index (χ0v) is 10.3. The lowest BCUT2D eigenvalue weighted by molar-refractivity contribution is 0.480. The normalized spacial score (nSPS) is 9.94. The van der Waals surface area contributed by atoms with Gasteiger partial charge in [0.25, 0.3) is 0 Å². The highest BCUT2D eigenvalue weighted by molar-refractivity contribution is 7.80. The summed E-state index contributed by atoms with van der Waals surface area (Å²) in [5.41, 5.74) is 6.15. The number of ether oxygens (including phenoxy) is 1. The minimum Gasteiger partial charge on any atom is -0.456 e. The number of nitrogens with zero attached hydrogens (tertiary/aromatic N) is 1. The second-order valence-electron chi connectivity index (χ2n) is 3.30. The van der Waals surface area contributed by atoms with E-state index in [2.05, 4.69) is 4.98 Å². The first-order valence-electron chi connectivity index (χ1n) is 4.84. The Morgan fingerprint density at radius 1 is 1.29 bits per heavy atom. The average molecular weight is 265 g/mol. The number of rotatable bonds is 3. The molecule has 1 heterocycles. The molecule has 0 amide bonds. The van der Waals surface area contributed by atoms with Crippen molar-refractivity contribution in [2.24, 2.45) is 5.73 Å². The van der Waals surface area contributed by atoms with Gasteiger partial charge in [0.15, 0.2) is 0 Å². The zero-order valence-electron chi connectivity index (χ0n) is 8.76. The SMILES string of the molecule is NC(=S)c1ccc(Oc2cccnc2)cc1Cl. The van der Waals surface area contributed by atoms with Crippen molar-refractivity contribution < 1.29 is 4.74 Å². The van der Waals surface area contributed by atoms with Crippen LogP contribution in [0.2, 0.25) is 5.02 Å². The van der Waals surface area contributed by atoms with Crippen LogP contribution in [-0.2, 0) is 0 Å². The van der Waals surface area contributed by atoms with Gasteiger partial charge in [-0.2, -0.15) is 0 Å². The topological polar surface area (TPSA) is 48.1 Å². The van der Waals surface area contributed by atoms with E-state index in [4.69, 9.17) is 34.3 Å². The van der Waals surface area contributed by atoms with E-state index in [9.17, 15) is 0 Å². The van der Waals surface area contributed by atoms with E-state index < -0.39 is 0 Å². The molecule has 1 aromatic carbocycles. The van der Waals surface area contributed by atoms with Gasteiger partial charge in [-0.3, -0.25) is 4.98 Å². The van der Waals surface area contributed by atoms with Crippen molar-refractivity contribution in [3.63, 3.8) is 0 Å². The maximum absolute atomic E-state index is 6.03. The van der Waals surface area contributed by atoms with E-state index in [1.807, 2.05) is 6.07 Å². The fourth-order valence-corrected chi connectivity index (χ4v) is 1.81. The van der Waals surface area contributed by atoms with Gasteiger partial charge in [0, 0.05) is 17.8 Å². The van der Waals surface area contributed by atoms with Gasteiger partial charge in [-0.1, -0.05) is 23.8 Å². The molecule has 0 aliphatic heterocycles. The van der Waals surface area contributed by atoms with Crippen molar-refractivity contribution in [1.29, 1.82) is 0 Å². The first-order valence-corrected chi connectivity index (χ1v) is 5.62. The molecular weight excluding hydrogens is 256 g/mol. The van der Waals surface area contributed by atoms with Crippen molar-refractivity contribution in [3.8, 4) is 11.5 Å². The molecule has 0 bridgehead atoms. The van der Waals surface area contributed by atoms with Gasteiger partial charge in [0.2, 0.25) is 0 Å². The Labute approximate surface area is 109 Å². The predicted molar refractivity (Wildman–Crippen MR) is 71.7 cm³/mol. The predicted octanol–water partition coefficient (Wildman–Crippen LogP) is 3.16. The summed E-state index contributed by atoms with van der Waals surface area (Å²) >= 11 is 10.9. The van der Waals surface area contributed by atoms with E-state index in [0.29, 0.717) is 22.1 Å². The number of nitrogens with two attached hydrogens (primary N) is 1. The monoisotopic (exact) mass is 264 g/mol. The van der Waals surface area contributed by atoms with Crippen molar-refractivity contribution in [2.75, 3.05) is 0 Å². The molecule has 0 unspecified atom stereocenters. The second kappa shape index (κ2) is 5.12. The number of pyridine rings is 1. The number of hydrogen-bond acceptors (Lipinski definition) is 3. The molecule has 3 nitrogen and oxygen atoms in total. The molecule has 0 saturated carbocycles. The van der Waals surface area contributed by atoms with E-state index >= 15 is 0 Å². The first-order chi connectivity index (χ1) is 8.16. The van der Waals surface area contributed by atoms with Crippen molar-refractivity contribution >= 4 is 28.8 Å². The van der Waals surface area contributed by atoms with Gasteiger partial charge in [0.05, 0.1) is 11.2 Å². The van der Waals surface area contributed by atoms with Crippen LogP contribution in [0.15, 0.2) is 42.7 Å². The number of aromatic nitrogens is 1. The van der Waals surface area contributed by atoms with Crippen LogP contribution in [0.25, 0.3) is 0 Å².